The van der Waals surface area contributed by atoms with Crippen LogP contribution in [0.3, 0.4) is 0 Å². The largest absolute Gasteiger partial charge is 0.508 e. The summed E-state index contributed by atoms with van der Waals surface area (Å²) in [6.45, 7) is 5.11. The zero-order valence-electron chi connectivity index (χ0n) is 12.0. The highest BCUT2D eigenvalue weighted by Gasteiger charge is 2.25. The number of anilines is 1. The molecule has 0 spiro atoms. The van der Waals surface area contributed by atoms with Gasteiger partial charge < -0.3 is 10.4 Å². The van der Waals surface area contributed by atoms with Gasteiger partial charge >= 0.3 is 0 Å². The third kappa shape index (κ3) is 2.98. The van der Waals surface area contributed by atoms with Gasteiger partial charge in [-0.05, 0) is 36.4 Å². The number of hydrogen-bond acceptors (Lipinski definition) is 3. The number of aromatic nitrogens is 1. The van der Waals surface area contributed by atoms with Gasteiger partial charge in [0.05, 0.1) is 0 Å². The molecule has 0 bridgehead atoms. The fourth-order valence-corrected chi connectivity index (χ4v) is 2.78. The summed E-state index contributed by atoms with van der Waals surface area (Å²) >= 11 is 6.13. The van der Waals surface area contributed by atoms with Crippen LogP contribution in [0, 0.1) is 5.41 Å². The van der Waals surface area contributed by atoms with Crippen LogP contribution in [0.5, 0.6) is 5.75 Å². The summed E-state index contributed by atoms with van der Waals surface area (Å²) in [5.74, 6) is 1.68. The standard InChI is InChI=1S/C16H21ClN2O/c1-3-16(4-2,10-17)11-19-15-14-9-13(20)6-5-12(14)7-8-18-15/h5-9,20H,3-4,10-11H2,1-2H3,(H,18,19). The van der Waals surface area contributed by atoms with Crippen LogP contribution in [0.25, 0.3) is 10.8 Å². The van der Waals surface area contributed by atoms with E-state index in [1.54, 1.807) is 18.3 Å². The first kappa shape index (κ1) is 14.9. The van der Waals surface area contributed by atoms with E-state index in [2.05, 4.69) is 24.1 Å². The van der Waals surface area contributed by atoms with Crippen molar-refractivity contribution in [2.24, 2.45) is 5.41 Å². The van der Waals surface area contributed by atoms with Gasteiger partial charge in [0.2, 0.25) is 0 Å². The number of nitrogens with zero attached hydrogens (tertiary/aromatic N) is 1. The molecule has 0 aliphatic rings. The van der Waals surface area contributed by atoms with E-state index in [0.29, 0.717) is 5.88 Å². The Hall–Kier alpha value is -1.48. The van der Waals surface area contributed by atoms with E-state index >= 15 is 0 Å². The Bertz CT molecular complexity index is 573. The van der Waals surface area contributed by atoms with Crippen LogP contribution < -0.4 is 5.32 Å². The van der Waals surface area contributed by atoms with Crippen LogP contribution in [-0.2, 0) is 0 Å². The average Bonchev–Trinajstić information content (AvgIpc) is 2.49. The number of fused-ring (bicyclic) bond motifs is 1. The number of nitrogens with one attached hydrogen (secondary N) is 1. The van der Waals surface area contributed by atoms with Gasteiger partial charge in [0.25, 0.3) is 0 Å². The molecule has 2 aromatic rings. The molecule has 0 fully saturated rings. The second-order valence-corrected chi connectivity index (χ2v) is 5.53. The molecule has 108 valence electrons. The van der Waals surface area contributed by atoms with Gasteiger partial charge in [-0.25, -0.2) is 4.98 Å². The molecule has 0 aliphatic carbocycles. The third-order valence-electron chi connectivity index (χ3n) is 4.16. The van der Waals surface area contributed by atoms with Crippen LogP contribution in [0.15, 0.2) is 30.5 Å². The summed E-state index contributed by atoms with van der Waals surface area (Å²) in [5, 5.41) is 15.0. The highest BCUT2D eigenvalue weighted by atomic mass is 35.5. The van der Waals surface area contributed by atoms with Gasteiger partial charge in [0, 0.05) is 29.4 Å². The fraction of sp³-hybridized carbons (Fsp3) is 0.438. The second-order valence-electron chi connectivity index (χ2n) is 5.26. The van der Waals surface area contributed by atoms with E-state index < -0.39 is 0 Å². The lowest BCUT2D eigenvalue weighted by Crippen LogP contribution is -2.30. The van der Waals surface area contributed by atoms with E-state index in [9.17, 15) is 5.11 Å². The van der Waals surface area contributed by atoms with Crippen LogP contribution in [0.2, 0.25) is 0 Å². The molecule has 0 aliphatic heterocycles. The number of alkyl halides is 1. The monoisotopic (exact) mass is 292 g/mol. The molecule has 0 unspecified atom stereocenters. The molecule has 0 amide bonds. The lowest BCUT2D eigenvalue weighted by Gasteiger charge is -2.29. The maximum absolute atomic E-state index is 9.64. The van der Waals surface area contributed by atoms with Gasteiger partial charge in [0.15, 0.2) is 0 Å². The molecule has 3 nitrogen and oxygen atoms in total. The molecule has 4 heteroatoms. The lowest BCUT2D eigenvalue weighted by molar-refractivity contribution is 0.326. The van der Waals surface area contributed by atoms with Gasteiger partial charge in [-0.3, -0.25) is 0 Å². The lowest BCUT2D eigenvalue weighted by atomic mass is 9.84. The first-order valence-corrected chi connectivity index (χ1v) is 7.55. The van der Waals surface area contributed by atoms with Gasteiger partial charge in [0.1, 0.15) is 11.6 Å². The third-order valence-corrected chi connectivity index (χ3v) is 4.73. The molecule has 1 aromatic carbocycles. The van der Waals surface area contributed by atoms with Gasteiger partial charge in [-0.1, -0.05) is 19.9 Å². The molecule has 0 saturated heterocycles. The maximum Gasteiger partial charge on any atom is 0.133 e. The molecular formula is C16H21ClN2O. The quantitative estimate of drug-likeness (QED) is 0.776. The Morgan fingerprint density at radius 2 is 2.00 bits per heavy atom. The summed E-state index contributed by atoms with van der Waals surface area (Å²) in [6.07, 6.45) is 3.83. The Balaban J connectivity index is 2.28. The number of hydrogen-bond donors (Lipinski definition) is 2. The smallest absolute Gasteiger partial charge is 0.133 e. The number of phenols is 1. The zero-order valence-corrected chi connectivity index (χ0v) is 12.7. The van der Waals surface area contributed by atoms with Crippen molar-refractivity contribution in [1.29, 1.82) is 0 Å². The van der Waals surface area contributed by atoms with E-state index in [0.717, 1.165) is 36.0 Å². The van der Waals surface area contributed by atoms with E-state index in [1.165, 1.54) is 0 Å². The summed E-state index contributed by atoms with van der Waals surface area (Å²) in [7, 11) is 0. The predicted octanol–water partition coefficient (Wildman–Crippen LogP) is 4.40. The number of pyridine rings is 1. The van der Waals surface area contributed by atoms with Crippen molar-refractivity contribution in [2.75, 3.05) is 17.7 Å². The van der Waals surface area contributed by atoms with Crippen LogP contribution >= 0.6 is 11.6 Å². The van der Waals surface area contributed by atoms with E-state index in [4.69, 9.17) is 11.6 Å². The minimum absolute atomic E-state index is 0.0855. The Labute approximate surface area is 125 Å². The van der Waals surface area contributed by atoms with Crippen molar-refractivity contribution >= 4 is 28.2 Å². The number of benzene rings is 1. The zero-order chi connectivity index (χ0) is 14.6. The number of aromatic hydroxyl groups is 1. The Morgan fingerprint density at radius 3 is 2.65 bits per heavy atom. The number of halogens is 1. The van der Waals surface area contributed by atoms with Crippen molar-refractivity contribution in [1.82, 2.24) is 4.98 Å². The normalized spacial score (nSPS) is 11.8. The van der Waals surface area contributed by atoms with Crippen molar-refractivity contribution in [2.45, 2.75) is 26.7 Å². The molecule has 0 atom stereocenters. The van der Waals surface area contributed by atoms with Gasteiger partial charge in [-0.2, -0.15) is 0 Å². The summed E-state index contributed by atoms with van der Waals surface area (Å²) in [6, 6.07) is 7.26. The molecular weight excluding hydrogens is 272 g/mol. The van der Waals surface area contributed by atoms with E-state index in [1.807, 2.05) is 12.1 Å². The van der Waals surface area contributed by atoms with Crippen molar-refractivity contribution in [3.63, 3.8) is 0 Å². The summed E-state index contributed by atoms with van der Waals surface area (Å²) < 4.78 is 0. The van der Waals surface area contributed by atoms with Crippen LogP contribution in [0.1, 0.15) is 26.7 Å². The van der Waals surface area contributed by atoms with Crippen molar-refractivity contribution in [3.8, 4) is 5.75 Å². The Kier molecular flexibility index (Phi) is 4.71. The molecule has 1 aromatic heterocycles. The van der Waals surface area contributed by atoms with Crippen molar-refractivity contribution in [3.05, 3.63) is 30.5 Å². The summed E-state index contributed by atoms with van der Waals surface area (Å²) in [4.78, 5) is 4.39. The maximum atomic E-state index is 9.64. The number of phenolic OH excluding ortho intramolecular Hbond substituents is 1. The first-order valence-electron chi connectivity index (χ1n) is 7.01. The topological polar surface area (TPSA) is 45.2 Å². The molecule has 0 radical (unpaired) electrons. The summed E-state index contributed by atoms with van der Waals surface area (Å²) in [5.41, 5.74) is 0.0855. The predicted molar refractivity (Wildman–Crippen MR) is 85.6 cm³/mol. The second kappa shape index (κ2) is 6.31. The highest BCUT2D eigenvalue weighted by molar-refractivity contribution is 6.18. The molecule has 2 rings (SSSR count). The average molecular weight is 293 g/mol. The highest BCUT2D eigenvalue weighted by Crippen LogP contribution is 2.30. The minimum Gasteiger partial charge on any atom is -0.508 e. The molecule has 20 heavy (non-hydrogen) atoms. The fourth-order valence-electron chi connectivity index (χ4n) is 2.30. The van der Waals surface area contributed by atoms with Crippen LogP contribution in [-0.4, -0.2) is 22.5 Å². The first-order chi connectivity index (χ1) is 9.64. The minimum atomic E-state index is 0.0855. The molecule has 0 saturated carbocycles. The number of rotatable bonds is 6. The van der Waals surface area contributed by atoms with Gasteiger partial charge in [-0.15, -0.1) is 11.6 Å². The Morgan fingerprint density at radius 1 is 1.25 bits per heavy atom. The van der Waals surface area contributed by atoms with Crippen LogP contribution in [0.4, 0.5) is 5.82 Å². The van der Waals surface area contributed by atoms with E-state index in [-0.39, 0.29) is 11.2 Å². The molecule has 2 N–H and O–H groups in total. The molecule has 1 heterocycles. The SMILES string of the molecule is CCC(CC)(CCl)CNc1nccc2ccc(O)cc12. The van der Waals surface area contributed by atoms with Crippen molar-refractivity contribution < 1.29 is 5.11 Å².